The Bertz CT molecular complexity index is 407. The van der Waals surface area contributed by atoms with Gasteiger partial charge in [-0.15, -0.1) is 0 Å². The molecule has 3 nitrogen and oxygen atoms in total. The molecule has 1 aromatic rings. The smallest absolute Gasteiger partial charge is 0.128 e. The molecule has 0 bridgehead atoms. The summed E-state index contributed by atoms with van der Waals surface area (Å²) in [6.07, 6.45) is 1.01. The van der Waals surface area contributed by atoms with E-state index in [0.717, 1.165) is 12.2 Å². The van der Waals surface area contributed by atoms with Gasteiger partial charge in [0.2, 0.25) is 0 Å². The van der Waals surface area contributed by atoms with Crippen LogP contribution in [0.4, 0.5) is 0 Å². The number of benzene rings is 1. The fourth-order valence-corrected chi connectivity index (χ4v) is 2.66. The summed E-state index contributed by atoms with van der Waals surface area (Å²) >= 11 is 0. The molecule has 0 saturated heterocycles. The molecule has 0 amide bonds. The van der Waals surface area contributed by atoms with Gasteiger partial charge in [-0.1, -0.05) is 17.7 Å². The Hall–Kier alpha value is -1.06. The summed E-state index contributed by atoms with van der Waals surface area (Å²) in [7, 11) is 0. The van der Waals surface area contributed by atoms with Crippen molar-refractivity contribution in [3.8, 4) is 5.75 Å². The molecule has 0 heterocycles. The average Bonchev–Trinajstić information content (AvgIpc) is 2.29. The van der Waals surface area contributed by atoms with Crippen LogP contribution in [0.5, 0.6) is 5.75 Å². The summed E-state index contributed by atoms with van der Waals surface area (Å²) in [5, 5.41) is 0. The van der Waals surface area contributed by atoms with Gasteiger partial charge in [-0.3, -0.25) is 0 Å². The van der Waals surface area contributed by atoms with Crippen LogP contribution in [0.15, 0.2) is 12.1 Å². The first-order valence-corrected chi connectivity index (χ1v) is 6.64. The van der Waals surface area contributed by atoms with E-state index in [9.17, 15) is 0 Å². The number of nitrogens with two attached hydrogens (primary N) is 1. The zero-order valence-corrected chi connectivity index (χ0v) is 11.7. The zero-order valence-electron chi connectivity index (χ0n) is 11.7. The molecule has 100 valence electrons. The predicted molar refractivity (Wildman–Crippen MR) is 73.1 cm³/mol. The highest BCUT2D eigenvalue weighted by molar-refractivity contribution is 5.43. The molecular weight excluding hydrogens is 226 g/mol. The van der Waals surface area contributed by atoms with Crippen LogP contribution in [0.2, 0.25) is 0 Å². The van der Waals surface area contributed by atoms with Gasteiger partial charge < -0.3 is 15.2 Å². The van der Waals surface area contributed by atoms with E-state index in [4.69, 9.17) is 15.2 Å². The maximum atomic E-state index is 6.10. The van der Waals surface area contributed by atoms with Crippen LogP contribution in [0, 0.1) is 20.8 Å². The van der Waals surface area contributed by atoms with Crippen molar-refractivity contribution in [2.75, 3.05) is 6.61 Å². The van der Waals surface area contributed by atoms with E-state index in [1.807, 2.05) is 6.92 Å². The molecule has 3 atom stereocenters. The third-order valence-corrected chi connectivity index (χ3v) is 3.53. The molecule has 0 radical (unpaired) electrons. The van der Waals surface area contributed by atoms with Crippen molar-refractivity contribution in [2.24, 2.45) is 5.73 Å². The molecule has 1 fully saturated rings. The van der Waals surface area contributed by atoms with Gasteiger partial charge in [-0.25, -0.2) is 0 Å². The minimum absolute atomic E-state index is 0.0371. The maximum Gasteiger partial charge on any atom is 0.128 e. The van der Waals surface area contributed by atoms with Crippen LogP contribution in [-0.2, 0) is 4.74 Å². The fourth-order valence-electron chi connectivity index (χ4n) is 2.66. The molecule has 1 aliphatic rings. The zero-order chi connectivity index (χ0) is 13.3. The summed E-state index contributed by atoms with van der Waals surface area (Å²) in [5.74, 6) is 0.988. The van der Waals surface area contributed by atoms with Crippen molar-refractivity contribution in [3.05, 3.63) is 28.8 Å². The van der Waals surface area contributed by atoms with E-state index in [0.29, 0.717) is 6.61 Å². The van der Waals surface area contributed by atoms with Gasteiger partial charge in [0.05, 0.1) is 0 Å². The number of hydrogen-bond acceptors (Lipinski definition) is 3. The summed E-state index contributed by atoms with van der Waals surface area (Å²) < 4.78 is 11.7. The third kappa shape index (κ3) is 2.52. The normalized spacial score (nSPS) is 26.8. The molecule has 0 aliphatic heterocycles. The second-order valence-corrected chi connectivity index (χ2v) is 5.20. The Morgan fingerprint density at radius 3 is 2.33 bits per heavy atom. The second-order valence-electron chi connectivity index (χ2n) is 5.20. The lowest BCUT2D eigenvalue weighted by Crippen LogP contribution is -2.59. The SMILES string of the molecule is CCOC1C(N)CC1Oc1c(C)cc(C)cc1C. The summed E-state index contributed by atoms with van der Waals surface area (Å²) in [6, 6.07) is 4.41. The Balaban J connectivity index is 2.10. The van der Waals surface area contributed by atoms with Gasteiger partial charge in [-0.2, -0.15) is 0 Å². The largest absolute Gasteiger partial charge is 0.487 e. The Morgan fingerprint density at radius 2 is 1.83 bits per heavy atom. The molecule has 18 heavy (non-hydrogen) atoms. The minimum Gasteiger partial charge on any atom is -0.487 e. The highest BCUT2D eigenvalue weighted by Gasteiger charge is 2.41. The standard InChI is InChI=1S/C15H23NO2/c1-5-17-15-12(16)8-13(15)18-14-10(3)6-9(2)7-11(14)4/h6-7,12-13,15H,5,8,16H2,1-4H3. The van der Waals surface area contributed by atoms with Gasteiger partial charge >= 0.3 is 0 Å². The van der Waals surface area contributed by atoms with Crippen molar-refractivity contribution in [2.45, 2.75) is 52.4 Å². The Labute approximate surface area is 109 Å². The lowest BCUT2D eigenvalue weighted by Gasteiger charge is -2.42. The minimum atomic E-state index is 0.0371. The quantitative estimate of drug-likeness (QED) is 0.891. The van der Waals surface area contributed by atoms with E-state index < -0.39 is 0 Å². The first-order chi connectivity index (χ1) is 8.52. The Morgan fingerprint density at radius 1 is 1.22 bits per heavy atom. The van der Waals surface area contributed by atoms with Crippen molar-refractivity contribution in [1.29, 1.82) is 0 Å². The van der Waals surface area contributed by atoms with E-state index >= 15 is 0 Å². The van der Waals surface area contributed by atoms with Gasteiger partial charge in [0.15, 0.2) is 0 Å². The van der Waals surface area contributed by atoms with Crippen molar-refractivity contribution in [1.82, 2.24) is 0 Å². The summed E-state index contributed by atoms with van der Waals surface area (Å²) in [4.78, 5) is 0. The van der Waals surface area contributed by atoms with Crippen LogP contribution < -0.4 is 10.5 Å². The fraction of sp³-hybridized carbons (Fsp3) is 0.600. The van der Waals surface area contributed by atoms with Crippen LogP contribution >= 0.6 is 0 Å². The Kier molecular flexibility index (Phi) is 3.93. The van der Waals surface area contributed by atoms with Crippen LogP contribution in [0.3, 0.4) is 0 Å². The molecule has 2 rings (SSSR count). The third-order valence-electron chi connectivity index (χ3n) is 3.53. The van der Waals surface area contributed by atoms with Crippen LogP contribution in [0.1, 0.15) is 30.0 Å². The second kappa shape index (κ2) is 5.29. The topological polar surface area (TPSA) is 44.5 Å². The van der Waals surface area contributed by atoms with E-state index in [1.165, 1.54) is 16.7 Å². The van der Waals surface area contributed by atoms with Crippen molar-refractivity contribution >= 4 is 0 Å². The number of ether oxygens (including phenoxy) is 2. The number of aryl methyl sites for hydroxylation is 3. The molecule has 1 aromatic carbocycles. The van der Waals surface area contributed by atoms with Gasteiger partial charge in [-0.05, 0) is 38.8 Å². The van der Waals surface area contributed by atoms with Gasteiger partial charge in [0, 0.05) is 19.1 Å². The maximum absolute atomic E-state index is 6.10. The first-order valence-electron chi connectivity index (χ1n) is 6.64. The molecule has 0 spiro atoms. The van der Waals surface area contributed by atoms with Gasteiger partial charge in [0.1, 0.15) is 18.0 Å². The van der Waals surface area contributed by atoms with E-state index in [-0.39, 0.29) is 18.2 Å². The molecule has 3 heteroatoms. The van der Waals surface area contributed by atoms with E-state index in [2.05, 4.69) is 32.9 Å². The highest BCUT2D eigenvalue weighted by atomic mass is 16.5. The lowest BCUT2D eigenvalue weighted by molar-refractivity contribution is -0.0949. The summed E-state index contributed by atoms with van der Waals surface area (Å²) in [5.41, 5.74) is 9.58. The summed E-state index contributed by atoms with van der Waals surface area (Å²) in [6.45, 7) is 8.95. The molecule has 0 aromatic heterocycles. The lowest BCUT2D eigenvalue weighted by atomic mass is 9.86. The molecule has 2 N–H and O–H groups in total. The number of hydrogen-bond donors (Lipinski definition) is 1. The molecule has 1 aliphatic carbocycles. The first kappa shape index (κ1) is 13.4. The van der Waals surface area contributed by atoms with Crippen molar-refractivity contribution < 1.29 is 9.47 Å². The molecule has 3 unspecified atom stereocenters. The van der Waals surface area contributed by atoms with E-state index in [1.54, 1.807) is 0 Å². The monoisotopic (exact) mass is 249 g/mol. The number of rotatable bonds is 4. The molecular formula is C15H23NO2. The van der Waals surface area contributed by atoms with Crippen molar-refractivity contribution in [3.63, 3.8) is 0 Å². The van der Waals surface area contributed by atoms with Crippen LogP contribution in [0.25, 0.3) is 0 Å². The molecule has 1 saturated carbocycles. The van der Waals surface area contributed by atoms with Crippen LogP contribution in [-0.4, -0.2) is 24.9 Å². The predicted octanol–water partition coefficient (Wildman–Crippen LogP) is 2.50. The highest BCUT2D eigenvalue weighted by Crippen LogP contribution is 2.32. The van der Waals surface area contributed by atoms with Gasteiger partial charge in [0.25, 0.3) is 0 Å². The average molecular weight is 249 g/mol.